The van der Waals surface area contributed by atoms with Gasteiger partial charge in [-0.15, -0.1) is 0 Å². The smallest absolute Gasteiger partial charge is 0.320 e. The maximum atomic E-state index is 12.6. The number of unbranched alkanes of at least 4 members (excludes halogenated alkanes) is 1. The van der Waals surface area contributed by atoms with Crippen molar-refractivity contribution < 1.29 is 19.4 Å². The molecule has 1 saturated heterocycles. The summed E-state index contributed by atoms with van der Waals surface area (Å²) in [6, 6.07) is -0.0623. The molecule has 2 rings (SSSR count). The summed E-state index contributed by atoms with van der Waals surface area (Å²) >= 11 is 0. The van der Waals surface area contributed by atoms with Crippen LogP contribution in [0.4, 0.5) is 4.79 Å². The predicted molar refractivity (Wildman–Crippen MR) is 73.5 cm³/mol. The van der Waals surface area contributed by atoms with Gasteiger partial charge in [0, 0.05) is 19.6 Å². The first-order chi connectivity index (χ1) is 9.56. The van der Waals surface area contributed by atoms with Gasteiger partial charge in [-0.05, 0) is 19.3 Å². The summed E-state index contributed by atoms with van der Waals surface area (Å²) in [6.07, 6.45) is 4.16. The van der Waals surface area contributed by atoms with E-state index in [4.69, 9.17) is 4.74 Å². The Morgan fingerprint density at radius 1 is 1.30 bits per heavy atom. The van der Waals surface area contributed by atoms with Crippen LogP contribution in [0.25, 0.3) is 0 Å². The van der Waals surface area contributed by atoms with Crippen LogP contribution in [0.2, 0.25) is 0 Å². The molecular formula is C14H24N2O4. The number of carbonyl (C=O) groups is 2. The van der Waals surface area contributed by atoms with Gasteiger partial charge in [0.15, 0.2) is 0 Å². The van der Waals surface area contributed by atoms with Gasteiger partial charge in [0.1, 0.15) is 5.92 Å². The first-order valence-electron chi connectivity index (χ1n) is 7.40. The van der Waals surface area contributed by atoms with Crippen molar-refractivity contribution in [3.63, 3.8) is 0 Å². The Kier molecular flexibility index (Phi) is 4.86. The van der Waals surface area contributed by atoms with Crippen LogP contribution < -0.4 is 0 Å². The molecule has 2 fully saturated rings. The molecule has 1 saturated carbocycles. The van der Waals surface area contributed by atoms with E-state index in [1.54, 1.807) is 11.9 Å². The molecule has 20 heavy (non-hydrogen) atoms. The van der Waals surface area contributed by atoms with Crippen LogP contribution in [0.15, 0.2) is 0 Å². The molecule has 2 amide bonds. The Balaban J connectivity index is 2.00. The van der Waals surface area contributed by atoms with Crippen LogP contribution in [-0.2, 0) is 9.53 Å². The number of carboxylic acid groups (broad SMARTS) is 1. The zero-order valence-electron chi connectivity index (χ0n) is 12.2. The van der Waals surface area contributed by atoms with Crippen molar-refractivity contribution in [1.29, 1.82) is 0 Å². The van der Waals surface area contributed by atoms with Crippen molar-refractivity contribution in [2.75, 3.05) is 26.8 Å². The van der Waals surface area contributed by atoms with Gasteiger partial charge in [-0.25, -0.2) is 4.79 Å². The number of nitrogens with zero attached hydrogens (tertiary/aromatic N) is 2. The van der Waals surface area contributed by atoms with Crippen molar-refractivity contribution in [2.24, 2.45) is 5.92 Å². The Morgan fingerprint density at radius 2 is 2.00 bits per heavy atom. The third-order valence-electron chi connectivity index (χ3n) is 4.15. The first-order valence-corrected chi connectivity index (χ1v) is 7.40. The van der Waals surface area contributed by atoms with Gasteiger partial charge in [0.05, 0.1) is 19.3 Å². The summed E-state index contributed by atoms with van der Waals surface area (Å²) in [5.74, 6) is -1.50. The number of carbonyl (C=O) groups excluding carboxylic acids is 1. The fourth-order valence-electron chi connectivity index (χ4n) is 2.65. The highest BCUT2D eigenvalue weighted by Crippen LogP contribution is 2.29. The average Bonchev–Trinajstić information content (AvgIpc) is 3.13. The Hall–Kier alpha value is -1.30. The van der Waals surface area contributed by atoms with E-state index < -0.39 is 11.9 Å². The van der Waals surface area contributed by atoms with E-state index in [9.17, 15) is 14.7 Å². The Labute approximate surface area is 119 Å². The van der Waals surface area contributed by atoms with E-state index in [-0.39, 0.29) is 18.7 Å². The normalized spacial score (nSPS) is 25.5. The number of ether oxygens (including phenoxy) is 1. The highest BCUT2D eigenvalue weighted by molar-refractivity contribution is 5.77. The molecule has 0 radical (unpaired) electrons. The molecule has 1 heterocycles. The minimum absolute atomic E-state index is 0.0531. The molecule has 2 aliphatic rings. The SMILES string of the molecule is CCCCN(C(=O)N(C)C1COCC1C(=O)O)C1CC1. The third kappa shape index (κ3) is 3.23. The van der Waals surface area contributed by atoms with Gasteiger partial charge in [0.2, 0.25) is 0 Å². The lowest BCUT2D eigenvalue weighted by Crippen LogP contribution is -2.50. The fraction of sp³-hybridized carbons (Fsp3) is 0.857. The van der Waals surface area contributed by atoms with E-state index in [0.717, 1.165) is 32.2 Å². The van der Waals surface area contributed by atoms with Crippen LogP contribution in [0.3, 0.4) is 0 Å². The molecule has 2 atom stereocenters. The van der Waals surface area contributed by atoms with Crippen molar-refractivity contribution in [1.82, 2.24) is 9.80 Å². The van der Waals surface area contributed by atoms with Gasteiger partial charge in [-0.1, -0.05) is 13.3 Å². The molecule has 6 nitrogen and oxygen atoms in total. The van der Waals surface area contributed by atoms with E-state index in [1.165, 1.54) is 0 Å². The summed E-state index contributed by atoms with van der Waals surface area (Å²) in [7, 11) is 1.69. The van der Waals surface area contributed by atoms with Crippen molar-refractivity contribution in [3.05, 3.63) is 0 Å². The highest BCUT2D eigenvalue weighted by Gasteiger charge is 2.41. The lowest BCUT2D eigenvalue weighted by Gasteiger charge is -2.32. The third-order valence-corrected chi connectivity index (χ3v) is 4.15. The number of hydrogen-bond donors (Lipinski definition) is 1. The Morgan fingerprint density at radius 3 is 2.55 bits per heavy atom. The molecular weight excluding hydrogens is 260 g/mol. The summed E-state index contributed by atoms with van der Waals surface area (Å²) in [5, 5.41) is 9.18. The molecule has 0 aromatic carbocycles. The van der Waals surface area contributed by atoms with Crippen LogP contribution in [-0.4, -0.2) is 65.8 Å². The van der Waals surface area contributed by atoms with Gasteiger partial charge in [-0.2, -0.15) is 0 Å². The maximum absolute atomic E-state index is 12.6. The average molecular weight is 284 g/mol. The van der Waals surface area contributed by atoms with Crippen molar-refractivity contribution in [3.8, 4) is 0 Å². The monoisotopic (exact) mass is 284 g/mol. The maximum Gasteiger partial charge on any atom is 0.320 e. The molecule has 2 unspecified atom stereocenters. The number of amides is 2. The van der Waals surface area contributed by atoms with E-state index >= 15 is 0 Å². The number of aliphatic carboxylic acids is 1. The van der Waals surface area contributed by atoms with Crippen LogP contribution >= 0.6 is 0 Å². The molecule has 6 heteroatoms. The molecule has 0 aromatic heterocycles. The Bertz CT molecular complexity index is 370. The topological polar surface area (TPSA) is 70.1 Å². The first kappa shape index (κ1) is 15.1. The lowest BCUT2D eigenvalue weighted by atomic mass is 10.0. The second-order valence-electron chi connectivity index (χ2n) is 5.72. The number of hydrogen-bond acceptors (Lipinski definition) is 3. The number of urea groups is 1. The molecule has 1 N–H and O–H groups in total. The van der Waals surface area contributed by atoms with E-state index in [2.05, 4.69) is 6.92 Å². The summed E-state index contributed by atoms with van der Waals surface area (Å²) in [6.45, 7) is 3.36. The van der Waals surface area contributed by atoms with Gasteiger partial charge in [0.25, 0.3) is 0 Å². The summed E-state index contributed by atoms with van der Waals surface area (Å²) < 4.78 is 5.25. The minimum Gasteiger partial charge on any atom is -0.481 e. The minimum atomic E-state index is -0.890. The van der Waals surface area contributed by atoms with Gasteiger partial charge >= 0.3 is 12.0 Å². The molecule has 0 bridgehead atoms. The van der Waals surface area contributed by atoms with E-state index in [0.29, 0.717) is 12.6 Å². The van der Waals surface area contributed by atoms with Crippen molar-refractivity contribution in [2.45, 2.75) is 44.7 Å². The summed E-state index contributed by atoms with van der Waals surface area (Å²) in [4.78, 5) is 27.3. The molecule has 1 aliphatic carbocycles. The number of rotatable bonds is 6. The quantitative estimate of drug-likeness (QED) is 0.800. The standard InChI is InChI=1S/C14H24N2O4/c1-3-4-7-16(10-5-6-10)14(19)15(2)12-9-20-8-11(12)13(17)18/h10-12H,3-9H2,1-2H3,(H,17,18). The number of likely N-dealkylation sites (N-methyl/N-ethyl adjacent to an activating group) is 1. The molecule has 0 spiro atoms. The fourth-order valence-corrected chi connectivity index (χ4v) is 2.65. The summed E-state index contributed by atoms with van der Waals surface area (Å²) in [5.41, 5.74) is 0. The molecule has 0 aromatic rings. The van der Waals surface area contributed by atoms with Gasteiger partial charge < -0.3 is 19.6 Å². The van der Waals surface area contributed by atoms with Crippen molar-refractivity contribution >= 4 is 12.0 Å². The second kappa shape index (κ2) is 6.43. The highest BCUT2D eigenvalue weighted by atomic mass is 16.5. The lowest BCUT2D eigenvalue weighted by molar-refractivity contribution is -0.142. The van der Waals surface area contributed by atoms with Crippen LogP contribution in [0.5, 0.6) is 0 Å². The molecule has 1 aliphatic heterocycles. The van der Waals surface area contributed by atoms with Crippen LogP contribution in [0, 0.1) is 5.92 Å². The van der Waals surface area contributed by atoms with Crippen LogP contribution in [0.1, 0.15) is 32.6 Å². The van der Waals surface area contributed by atoms with E-state index in [1.807, 2.05) is 4.90 Å². The zero-order chi connectivity index (χ0) is 14.7. The molecule has 114 valence electrons. The second-order valence-corrected chi connectivity index (χ2v) is 5.72. The number of carboxylic acids is 1. The zero-order valence-corrected chi connectivity index (χ0v) is 12.2. The van der Waals surface area contributed by atoms with Gasteiger partial charge in [-0.3, -0.25) is 4.79 Å². The predicted octanol–water partition coefficient (Wildman–Crippen LogP) is 1.40. The largest absolute Gasteiger partial charge is 0.481 e.